The van der Waals surface area contributed by atoms with E-state index in [1.54, 1.807) is 16.0 Å². The number of aryl methyl sites for hydroxylation is 1. The zero-order chi connectivity index (χ0) is 14.3. The van der Waals surface area contributed by atoms with E-state index in [9.17, 15) is 0 Å². The van der Waals surface area contributed by atoms with Crippen molar-refractivity contribution >= 4 is 33.1 Å². The van der Waals surface area contributed by atoms with Crippen LogP contribution in [-0.4, -0.2) is 9.78 Å². The quantitative estimate of drug-likeness (QED) is 0.743. The van der Waals surface area contributed by atoms with Crippen molar-refractivity contribution in [1.29, 1.82) is 0 Å². The van der Waals surface area contributed by atoms with Crippen molar-refractivity contribution in [2.45, 2.75) is 6.92 Å². The molecule has 2 aromatic heterocycles. The molecule has 0 radical (unpaired) electrons. The molecule has 0 amide bonds. The second-order valence-corrected chi connectivity index (χ2v) is 6.42. The maximum atomic E-state index is 6.22. The van der Waals surface area contributed by atoms with E-state index in [1.165, 1.54) is 5.56 Å². The second kappa shape index (κ2) is 5.07. The van der Waals surface area contributed by atoms with E-state index < -0.39 is 0 Å². The molecule has 3 nitrogen and oxygen atoms in total. The summed E-state index contributed by atoms with van der Waals surface area (Å²) in [5, 5.41) is 6.67. The molecule has 0 bridgehead atoms. The van der Waals surface area contributed by atoms with Gasteiger partial charge in [-0.1, -0.05) is 34.1 Å². The summed E-state index contributed by atoms with van der Waals surface area (Å²) in [6, 6.07) is 10.3. The Hall–Kier alpha value is -1.59. The van der Waals surface area contributed by atoms with Crippen LogP contribution in [0.5, 0.6) is 0 Å². The van der Waals surface area contributed by atoms with Crippen molar-refractivity contribution in [2.24, 2.45) is 7.05 Å². The molecule has 0 fully saturated rings. The summed E-state index contributed by atoms with van der Waals surface area (Å²) in [7, 11) is 1.88. The fraction of sp³-hybridized carbons (Fsp3) is 0.133. The first-order chi connectivity index (χ1) is 9.59. The molecule has 2 heterocycles. The van der Waals surface area contributed by atoms with Gasteiger partial charge in [-0.2, -0.15) is 5.10 Å². The number of nitrogens with two attached hydrogens (primary N) is 1. The minimum Gasteiger partial charge on any atom is -0.383 e. The van der Waals surface area contributed by atoms with Gasteiger partial charge in [0.15, 0.2) is 0 Å². The van der Waals surface area contributed by atoms with E-state index in [2.05, 4.69) is 45.5 Å². The van der Waals surface area contributed by atoms with E-state index in [-0.39, 0.29) is 0 Å². The Balaban J connectivity index is 2.30. The molecule has 102 valence electrons. The van der Waals surface area contributed by atoms with E-state index in [1.807, 2.05) is 25.2 Å². The summed E-state index contributed by atoms with van der Waals surface area (Å²) >= 11 is 5.26. The summed E-state index contributed by atoms with van der Waals surface area (Å²) in [5.74, 6) is 0.696. The van der Waals surface area contributed by atoms with Gasteiger partial charge in [0, 0.05) is 22.0 Å². The molecule has 0 atom stereocenters. The third-order valence-electron chi connectivity index (χ3n) is 3.38. The van der Waals surface area contributed by atoms with Gasteiger partial charge in [0.2, 0.25) is 0 Å². The topological polar surface area (TPSA) is 43.8 Å². The maximum Gasteiger partial charge on any atom is 0.130 e. The molecule has 0 unspecified atom stereocenters. The number of rotatable bonds is 2. The van der Waals surface area contributed by atoms with Crippen LogP contribution in [-0.2, 0) is 7.05 Å². The van der Waals surface area contributed by atoms with E-state index in [0.717, 1.165) is 26.2 Å². The maximum absolute atomic E-state index is 6.22. The minimum absolute atomic E-state index is 0.696. The zero-order valence-corrected chi connectivity index (χ0v) is 13.6. The van der Waals surface area contributed by atoms with Crippen LogP contribution in [0.15, 0.2) is 40.2 Å². The number of anilines is 1. The fourth-order valence-corrected chi connectivity index (χ4v) is 3.40. The van der Waals surface area contributed by atoms with Crippen LogP contribution in [0.2, 0.25) is 0 Å². The van der Waals surface area contributed by atoms with Crippen molar-refractivity contribution in [2.75, 3.05) is 5.73 Å². The first kappa shape index (κ1) is 13.4. The van der Waals surface area contributed by atoms with Gasteiger partial charge in [0.25, 0.3) is 0 Å². The minimum atomic E-state index is 0.696. The summed E-state index contributed by atoms with van der Waals surface area (Å²) in [4.78, 5) is 1.14. The average molecular weight is 348 g/mol. The van der Waals surface area contributed by atoms with Gasteiger partial charge < -0.3 is 5.73 Å². The van der Waals surface area contributed by atoms with Gasteiger partial charge in [-0.25, -0.2) is 0 Å². The Morgan fingerprint density at radius 2 is 2.05 bits per heavy atom. The summed E-state index contributed by atoms with van der Waals surface area (Å²) in [6.45, 7) is 2.09. The highest BCUT2D eigenvalue weighted by Gasteiger charge is 2.19. The number of nitrogens with zero attached hydrogens (tertiary/aromatic N) is 2. The molecule has 0 spiro atoms. The lowest BCUT2D eigenvalue weighted by Gasteiger charge is -2.07. The number of nitrogen functional groups attached to an aromatic ring is 1. The normalized spacial score (nSPS) is 10.9. The number of thiophene rings is 1. The number of aromatic nitrogens is 2. The van der Waals surface area contributed by atoms with Crippen molar-refractivity contribution < 1.29 is 0 Å². The van der Waals surface area contributed by atoms with Gasteiger partial charge >= 0.3 is 0 Å². The molecule has 0 aliphatic rings. The van der Waals surface area contributed by atoms with Crippen molar-refractivity contribution in [3.8, 4) is 21.7 Å². The fourth-order valence-electron chi connectivity index (χ4n) is 2.25. The Morgan fingerprint density at radius 3 is 2.75 bits per heavy atom. The van der Waals surface area contributed by atoms with Crippen molar-refractivity contribution in [3.63, 3.8) is 0 Å². The number of benzene rings is 1. The highest BCUT2D eigenvalue weighted by atomic mass is 79.9. The Morgan fingerprint density at radius 1 is 1.25 bits per heavy atom. The van der Waals surface area contributed by atoms with E-state index in [4.69, 9.17) is 5.73 Å². The molecule has 0 saturated carbocycles. The third kappa shape index (κ3) is 2.07. The summed E-state index contributed by atoms with van der Waals surface area (Å²) in [5.41, 5.74) is 10.4. The van der Waals surface area contributed by atoms with E-state index >= 15 is 0 Å². The van der Waals surface area contributed by atoms with Crippen LogP contribution in [0.4, 0.5) is 5.82 Å². The lowest BCUT2D eigenvalue weighted by atomic mass is 10.0. The SMILES string of the molecule is Cc1c(Br)cccc1-c1nn(C)c(N)c1-c1cccs1. The van der Waals surface area contributed by atoms with Crippen LogP contribution in [0.3, 0.4) is 0 Å². The molecule has 1 aromatic carbocycles. The number of hydrogen-bond donors (Lipinski definition) is 1. The zero-order valence-electron chi connectivity index (χ0n) is 11.2. The Bertz CT molecular complexity index is 760. The molecule has 3 aromatic rings. The molecule has 3 rings (SSSR count). The highest BCUT2D eigenvalue weighted by molar-refractivity contribution is 9.10. The first-order valence-electron chi connectivity index (χ1n) is 6.21. The molecule has 5 heteroatoms. The molecule has 2 N–H and O–H groups in total. The predicted octanol–water partition coefficient (Wildman–Crippen LogP) is 4.47. The van der Waals surface area contributed by atoms with Crippen LogP contribution in [0, 0.1) is 6.92 Å². The second-order valence-electron chi connectivity index (χ2n) is 4.62. The third-order valence-corrected chi connectivity index (χ3v) is 5.13. The largest absolute Gasteiger partial charge is 0.383 e. The Labute approximate surface area is 130 Å². The summed E-state index contributed by atoms with van der Waals surface area (Å²) < 4.78 is 2.82. The van der Waals surface area contributed by atoms with E-state index in [0.29, 0.717) is 5.82 Å². The van der Waals surface area contributed by atoms with Crippen molar-refractivity contribution in [1.82, 2.24) is 9.78 Å². The van der Waals surface area contributed by atoms with Gasteiger partial charge in [-0.05, 0) is 30.0 Å². The average Bonchev–Trinajstić information content (AvgIpc) is 3.03. The Kier molecular flexibility index (Phi) is 3.40. The lowest BCUT2D eigenvalue weighted by Crippen LogP contribution is -1.97. The molecule has 20 heavy (non-hydrogen) atoms. The predicted molar refractivity (Wildman–Crippen MR) is 88.8 cm³/mol. The van der Waals surface area contributed by atoms with Crippen LogP contribution in [0.1, 0.15) is 5.56 Å². The molecule has 0 aliphatic carbocycles. The monoisotopic (exact) mass is 347 g/mol. The van der Waals surface area contributed by atoms with Crippen molar-refractivity contribution in [3.05, 3.63) is 45.7 Å². The molecule has 0 aliphatic heterocycles. The highest BCUT2D eigenvalue weighted by Crippen LogP contribution is 2.40. The van der Waals surface area contributed by atoms with Crippen LogP contribution >= 0.6 is 27.3 Å². The van der Waals surface area contributed by atoms with Gasteiger partial charge in [0.05, 0.1) is 5.56 Å². The number of hydrogen-bond acceptors (Lipinski definition) is 3. The molecular weight excluding hydrogens is 334 g/mol. The molecule has 0 saturated heterocycles. The van der Waals surface area contributed by atoms with Gasteiger partial charge in [-0.15, -0.1) is 11.3 Å². The standard InChI is InChI=1S/C15H14BrN3S/c1-9-10(5-3-6-11(9)16)14-13(12-7-4-8-20-12)15(17)19(2)18-14/h3-8H,17H2,1-2H3. The smallest absolute Gasteiger partial charge is 0.130 e. The van der Waals surface area contributed by atoms with Gasteiger partial charge in [-0.3, -0.25) is 4.68 Å². The van der Waals surface area contributed by atoms with Crippen LogP contribution in [0.25, 0.3) is 21.7 Å². The lowest BCUT2D eigenvalue weighted by molar-refractivity contribution is 0.782. The van der Waals surface area contributed by atoms with Crippen LogP contribution < -0.4 is 5.73 Å². The molecular formula is C15H14BrN3S. The van der Waals surface area contributed by atoms with Gasteiger partial charge in [0.1, 0.15) is 11.5 Å². The summed E-state index contributed by atoms with van der Waals surface area (Å²) in [6.07, 6.45) is 0. The number of halogens is 1. The first-order valence-corrected chi connectivity index (χ1v) is 7.88.